The summed E-state index contributed by atoms with van der Waals surface area (Å²) in [5, 5.41) is -0.681. The number of rotatable bonds is 7. The van der Waals surface area contributed by atoms with Gasteiger partial charge in [0.25, 0.3) is 0 Å². The number of nitrogens with two attached hydrogens (primary N) is 1. The van der Waals surface area contributed by atoms with E-state index < -0.39 is 15.3 Å². The van der Waals surface area contributed by atoms with Crippen molar-refractivity contribution in [3.05, 3.63) is 65.4 Å². The van der Waals surface area contributed by atoms with Crippen LogP contribution >= 0.6 is 0 Å². The molecule has 2 N–H and O–H groups in total. The summed E-state index contributed by atoms with van der Waals surface area (Å²) in [4.78, 5) is 16.1. The molecule has 1 aromatic heterocycles. The van der Waals surface area contributed by atoms with E-state index in [9.17, 15) is 13.2 Å². The average molecular weight is 428 g/mol. The van der Waals surface area contributed by atoms with Gasteiger partial charge in [-0.05, 0) is 51.0 Å². The molecule has 0 aliphatic rings. The Labute approximate surface area is 176 Å². The van der Waals surface area contributed by atoms with Crippen LogP contribution in [0.15, 0.2) is 54.3 Å². The highest BCUT2D eigenvalue weighted by Gasteiger charge is 2.25. The van der Waals surface area contributed by atoms with Gasteiger partial charge >= 0.3 is 0 Å². The van der Waals surface area contributed by atoms with Gasteiger partial charge in [0.2, 0.25) is 16.0 Å². The lowest BCUT2D eigenvalue weighted by Crippen LogP contribution is -2.23. The molecule has 158 valence electrons. The topological polar surface area (TPSA) is 104 Å². The van der Waals surface area contributed by atoms with Crippen LogP contribution in [0.25, 0.3) is 16.6 Å². The maximum atomic E-state index is 12.9. The third-order valence-corrected chi connectivity index (χ3v) is 6.64. The van der Waals surface area contributed by atoms with Crippen LogP contribution in [-0.2, 0) is 19.6 Å². The van der Waals surface area contributed by atoms with Crippen molar-refractivity contribution in [3.8, 4) is 0 Å². The molecule has 0 atom stereocenters. The highest BCUT2D eigenvalue weighted by atomic mass is 32.2. The van der Waals surface area contributed by atoms with E-state index in [1.165, 1.54) is 0 Å². The Kier molecular flexibility index (Phi) is 5.98. The van der Waals surface area contributed by atoms with Crippen LogP contribution in [-0.4, -0.2) is 35.0 Å². The highest BCUT2D eigenvalue weighted by Crippen LogP contribution is 2.31. The monoisotopic (exact) mass is 427 g/mol. The molecule has 0 radical (unpaired) electrons. The molecule has 0 fully saturated rings. The Bertz CT molecular complexity index is 1210. The molecule has 8 heteroatoms. The van der Waals surface area contributed by atoms with Crippen LogP contribution in [0.3, 0.4) is 0 Å². The van der Waals surface area contributed by atoms with Crippen molar-refractivity contribution in [1.82, 2.24) is 8.96 Å². The fraction of sp³-hybridized carbons (Fsp3) is 0.273. The third-order valence-electron chi connectivity index (χ3n) is 4.55. The molecular weight excluding hydrogens is 402 g/mol. The number of carbonyl (C=O) groups excluding carboxylic acids is 1. The molecular formula is C22H25N3O4S. The summed E-state index contributed by atoms with van der Waals surface area (Å²) in [5.41, 5.74) is 8.70. The number of hydrogen-bond acceptors (Lipinski definition) is 6. The Morgan fingerprint density at radius 2 is 1.73 bits per heavy atom. The fourth-order valence-electron chi connectivity index (χ4n) is 3.16. The van der Waals surface area contributed by atoms with E-state index in [-0.39, 0.29) is 17.8 Å². The van der Waals surface area contributed by atoms with E-state index in [0.717, 1.165) is 9.54 Å². The van der Waals surface area contributed by atoms with Crippen LogP contribution in [0, 0.1) is 0 Å². The smallest absolute Gasteiger partial charge is 0.244 e. The van der Waals surface area contributed by atoms with Gasteiger partial charge in [0.1, 0.15) is 0 Å². The Hall–Kier alpha value is -3.13. The highest BCUT2D eigenvalue weighted by molar-refractivity contribution is 7.90. The molecule has 0 spiro atoms. The van der Waals surface area contributed by atoms with Crippen molar-refractivity contribution in [2.75, 3.05) is 5.73 Å². The van der Waals surface area contributed by atoms with Crippen LogP contribution < -0.4 is 5.73 Å². The number of aromatic nitrogens is 2. The summed E-state index contributed by atoms with van der Waals surface area (Å²) in [7, 11) is -3.73. The number of allylic oxidation sites excluding steroid dienone is 1. The van der Waals surface area contributed by atoms with E-state index in [4.69, 9.17) is 10.5 Å². The molecule has 2 aromatic carbocycles. The predicted octanol–water partition coefficient (Wildman–Crippen LogP) is 3.59. The minimum Gasteiger partial charge on any atom is -0.487 e. The summed E-state index contributed by atoms with van der Waals surface area (Å²) >= 11 is 0. The van der Waals surface area contributed by atoms with Crippen LogP contribution in [0.5, 0.6) is 0 Å². The molecule has 30 heavy (non-hydrogen) atoms. The van der Waals surface area contributed by atoms with Gasteiger partial charge in [0.15, 0.2) is 12.0 Å². The van der Waals surface area contributed by atoms with Gasteiger partial charge in [-0.1, -0.05) is 36.4 Å². The zero-order valence-corrected chi connectivity index (χ0v) is 18.2. The zero-order chi connectivity index (χ0) is 22.1. The number of aldehydes is 1. The standard InChI is InChI=1S/C22H25N3O4S/c1-14(2)29-20(13-26)21(16-8-6-5-7-9-16)17-10-11-18-19(12-17)25(22(23)24-18)30(27,28)15(3)4/h5-15H,1-4H3,(H2,23,24). The first kappa shape index (κ1) is 21.6. The maximum Gasteiger partial charge on any atom is 0.244 e. The number of benzene rings is 2. The fourth-order valence-corrected chi connectivity index (χ4v) is 4.31. The number of hydrogen-bond donors (Lipinski definition) is 1. The summed E-state index contributed by atoms with van der Waals surface area (Å²) in [5.74, 6) is 0.0661. The van der Waals surface area contributed by atoms with Gasteiger partial charge in [0, 0.05) is 5.57 Å². The van der Waals surface area contributed by atoms with Crippen molar-refractivity contribution in [2.24, 2.45) is 0 Å². The molecule has 0 unspecified atom stereocenters. The lowest BCUT2D eigenvalue weighted by molar-refractivity contribution is -0.108. The minimum atomic E-state index is -3.73. The second kappa shape index (κ2) is 8.31. The Morgan fingerprint density at radius 1 is 1.07 bits per heavy atom. The van der Waals surface area contributed by atoms with Gasteiger partial charge < -0.3 is 10.5 Å². The lowest BCUT2D eigenvalue weighted by Gasteiger charge is -2.16. The van der Waals surface area contributed by atoms with E-state index in [1.54, 1.807) is 32.0 Å². The predicted molar refractivity (Wildman–Crippen MR) is 118 cm³/mol. The molecule has 1 heterocycles. The number of nitrogens with zero attached hydrogens (tertiary/aromatic N) is 2. The molecule has 0 aliphatic heterocycles. The van der Waals surface area contributed by atoms with Crippen LogP contribution in [0.1, 0.15) is 38.8 Å². The van der Waals surface area contributed by atoms with E-state index in [1.807, 2.05) is 44.2 Å². The molecule has 0 amide bonds. The lowest BCUT2D eigenvalue weighted by atomic mass is 9.96. The van der Waals surface area contributed by atoms with Crippen molar-refractivity contribution in [2.45, 2.75) is 39.0 Å². The van der Waals surface area contributed by atoms with Crippen molar-refractivity contribution in [3.63, 3.8) is 0 Å². The number of nitrogen functional groups attached to an aromatic ring is 1. The average Bonchev–Trinajstić information content (AvgIpc) is 3.03. The summed E-state index contributed by atoms with van der Waals surface area (Å²) in [6.45, 7) is 6.84. The van der Waals surface area contributed by atoms with E-state index in [2.05, 4.69) is 4.98 Å². The molecule has 3 rings (SSSR count). The van der Waals surface area contributed by atoms with Crippen LogP contribution in [0.2, 0.25) is 0 Å². The minimum absolute atomic E-state index is 0.102. The Balaban J connectivity index is 2.34. The first-order valence-electron chi connectivity index (χ1n) is 9.61. The van der Waals surface area contributed by atoms with Gasteiger partial charge in [-0.25, -0.2) is 17.4 Å². The summed E-state index contributed by atoms with van der Waals surface area (Å²) < 4.78 is 32.6. The van der Waals surface area contributed by atoms with E-state index >= 15 is 0 Å². The van der Waals surface area contributed by atoms with Gasteiger partial charge in [-0.3, -0.25) is 4.79 Å². The van der Waals surface area contributed by atoms with Crippen LogP contribution in [0.4, 0.5) is 5.95 Å². The second-order valence-corrected chi connectivity index (χ2v) is 9.76. The number of carbonyl (C=O) groups is 1. The van der Waals surface area contributed by atoms with Crippen molar-refractivity contribution in [1.29, 1.82) is 0 Å². The maximum absolute atomic E-state index is 12.9. The molecule has 0 saturated carbocycles. The van der Waals surface area contributed by atoms with Gasteiger partial charge in [-0.15, -0.1) is 0 Å². The molecule has 7 nitrogen and oxygen atoms in total. The number of ether oxygens (including phenoxy) is 1. The largest absolute Gasteiger partial charge is 0.487 e. The quantitative estimate of drug-likeness (QED) is 0.351. The first-order valence-corrected chi connectivity index (χ1v) is 11.1. The van der Waals surface area contributed by atoms with Gasteiger partial charge in [-0.2, -0.15) is 0 Å². The van der Waals surface area contributed by atoms with E-state index in [0.29, 0.717) is 28.5 Å². The number of imidazole rings is 1. The summed E-state index contributed by atoms with van der Waals surface area (Å²) in [6, 6.07) is 14.5. The third kappa shape index (κ3) is 3.95. The molecule has 0 saturated heterocycles. The normalized spacial score (nSPS) is 13.0. The zero-order valence-electron chi connectivity index (χ0n) is 17.4. The SMILES string of the molecule is CC(C)OC(C=O)=C(c1ccccc1)c1ccc2nc(N)n(S(=O)(=O)C(C)C)c2c1. The summed E-state index contributed by atoms with van der Waals surface area (Å²) in [6.07, 6.45) is 0.457. The number of anilines is 1. The van der Waals surface area contributed by atoms with Crippen molar-refractivity contribution < 1.29 is 17.9 Å². The first-order chi connectivity index (χ1) is 14.2. The molecule has 3 aromatic rings. The number of fused-ring (bicyclic) bond motifs is 1. The van der Waals surface area contributed by atoms with Gasteiger partial charge in [0.05, 0.1) is 22.4 Å². The Morgan fingerprint density at radius 3 is 2.30 bits per heavy atom. The second-order valence-electron chi connectivity index (χ2n) is 7.42. The molecule has 0 bridgehead atoms. The molecule has 0 aliphatic carbocycles. The van der Waals surface area contributed by atoms with Crippen molar-refractivity contribution >= 4 is 38.9 Å².